The second-order valence-corrected chi connectivity index (χ2v) is 5.65. The van der Waals surface area contributed by atoms with Crippen LogP contribution in [0.25, 0.3) is 0 Å². The normalized spacial score (nSPS) is 25.4. The average molecular weight is 230 g/mol. The first-order valence-electron chi connectivity index (χ1n) is 6.83. The Morgan fingerprint density at radius 2 is 2.12 bits per heavy atom. The van der Waals surface area contributed by atoms with E-state index < -0.39 is 0 Å². The van der Waals surface area contributed by atoms with Crippen LogP contribution in [0.1, 0.15) is 30.4 Å². The van der Waals surface area contributed by atoms with Crippen LogP contribution in [0.4, 0.5) is 0 Å². The summed E-state index contributed by atoms with van der Waals surface area (Å²) in [5, 5.41) is 3.74. The highest BCUT2D eigenvalue weighted by molar-refractivity contribution is 5.22. The van der Waals surface area contributed by atoms with Crippen LogP contribution in [0.15, 0.2) is 24.3 Å². The van der Waals surface area contributed by atoms with Crippen LogP contribution < -0.4 is 5.32 Å². The zero-order valence-electron chi connectivity index (χ0n) is 10.7. The lowest BCUT2D eigenvalue weighted by molar-refractivity contribution is 0.319. The summed E-state index contributed by atoms with van der Waals surface area (Å²) >= 11 is 0. The van der Waals surface area contributed by atoms with Gasteiger partial charge < -0.3 is 5.32 Å². The number of benzene rings is 1. The highest BCUT2D eigenvalue weighted by atomic mass is 15.2. The van der Waals surface area contributed by atoms with Crippen molar-refractivity contribution < 1.29 is 0 Å². The van der Waals surface area contributed by atoms with Gasteiger partial charge in [-0.1, -0.05) is 29.8 Å². The third kappa shape index (κ3) is 3.08. The summed E-state index contributed by atoms with van der Waals surface area (Å²) in [4.78, 5) is 2.58. The Bertz CT molecular complexity index is 384. The average Bonchev–Trinajstić information content (AvgIpc) is 2.99. The lowest BCUT2D eigenvalue weighted by atomic mass is 10.1. The van der Waals surface area contributed by atoms with E-state index in [9.17, 15) is 0 Å². The molecule has 0 aromatic heterocycles. The highest BCUT2D eigenvalue weighted by Gasteiger charge is 2.28. The second kappa shape index (κ2) is 4.79. The van der Waals surface area contributed by atoms with Crippen molar-refractivity contribution in [3.05, 3.63) is 35.4 Å². The minimum Gasteiger partial charge on any atom is -0.310 e. The number of nitrogens with zero attached hydrogens (tertiary/aromatic N) is 1. The SMILES string of the molecule is Cc1cccc(CN2CCC(NC3CC3)C2)c1. The fraction of sp³-hybridized carbons (Fsp3) is 0.600. The molecule has 1 atom stereocenters. The minimum absolute atomic E-state index is 0.743. The van der Waals surface area contributed by atoms with Crippen molar-refractivity contribution in [3.8, 4) is 0 Å². The van der Waals surface area contributed by atoms with Crippen molar-refractivity contribution in [1.29, 1.82) is 0 Å². The zero-order valence-corrected chi connectivity index (χ0v) is 10.7. The van der Waals surface area contributed by atoms with Gasteiger partial charge in [-0.2, -0.15) is 0 Å². The molecular formula is C15H22N2. The largest absolute Gasteiger partial charge is 0.310 e. The Kier molecular flexibility index (Phi) is 3.17. The van der Waals surface area contributed by atoms with Gasteiger partial charge in [-0.05, 0) is 31.7 Å². The number of likely N-dealkylation sites (tertiary alicyclic amines) is 1. The van der Waals surface area contributed by atoms with Crippen molar-refractivity contribution in [2.45, 2.75) is 44.8 Å². The summed E-state index contributed by atoms with van der Waals surface area (Å²) in [6.07, 6.45) is 4.12. The van der Waals surface area contributed by atoms with Gasteiger partial charge in [-0.15, -0.1) is 0 Å². The number of aryl methyl sites for hydroxylation is 1. The predicted octanol–water partition coefficient (Wildman–Crippen LogP) is 2.32. The van der Waals surface area contributed by atoms with E-state index in [1.54, 1.807) is 0 Å². The first-order valence-corrected chi connectivity index (χ1v) is 6.83. The quantitative estimate of drug-likeness (QED) is 0.854. The van der Waals surface area contributed by atoms with Crippen LogP contribution in [0, 0.1) is 6.92 Å². The van der Waals surface area contributed by atoms with Crippen LogP contribution in [0.3, 0.4) is 0 Å². The molecule has 1 aliphatic heterocycles. The highest BCUT2D eigenvalue weighted by Crippen LogP contribution is 2.22. The van der Waals surface area contributed by atoms with Crippen molar-refractivity contribution >= 4 is 0 Å². The van der Waals surface area contributed by atoms with Gasteiger partial charge in [0.25, 0.3) is 0 Å². The number of hydrogen-bond donors (Lipinski definition) is 1. The lowest BCUT2D eigenvalue weighted by Gasteiger charge is -2.17. The molecule has 2 fully saturated rings. The summed E-state index contributed by atoms with van der Waals surface area (Å²) in [7, 11) is 0. The molecule has 1 aromatic rings. The molecule has 0 bridgehead atoms. The van der Waals surface area contributed by atoms with E-state index in [1.165, 1.54) is 43.5 Å². The molecule has 2 aliphatic rings. The summed E-state index contributed by atoms with van der Waals surface area (Å²) in [5.41, 5.74) is 2.83. The first-order chi connectivity index (χ1) is 8.29. The van der Waals surface area contributed by atoms with Crippen molar-refractivity contribution in [2.75, 3.05) is 13.1 Å². The summed E-state index contributed by atoms with van der Waals surface area (Å²) in [6.45, 7) is 5.76. The molecule has 3 rings (SSSR count). The molecular weight excluding hydrogens is 208 g/mol. The minimum atomic E-state index is 0.743. The van der Waals surface area contributed by atoms with Crippen LogP contribution in [-0.2, 0) is 6.54 Å². The van der Waals surface area contributed by atoms with Gasteiger partial charge in [0, 0.05) is 31.7 Å². The Balaban J connectivity index is 1.52. The molecule has 1 saturated heterocycles. The van der Waals surface area contributed by atoms with Gasteiger partial charge in [0.05, 0.1) is 0 Å². The van der Waals surface area contributed by atoms with E-state index in [-0.39, 0.29) is 0 Å². The smallest absolute Gasteiger partial charge is 0.0234 e. The Morgan fingerprint density at radius 3 is 2.88 bits per heavy atom. The van der Waals surface area contributed by atoms with Crippen LogP contribution >= 0.6 is 0 Å². The van der Waals surface area contributed by atoms with Gasteiger partial charge in [0.15, 0.2) is 0 Å². The van der Waals surface area contributed by atoms with E-state index >= 15 is 0 Å². The molecule has 1 N–H and O–H groups in total. The summed E-state index contributed by atoms with van der Waals surface area (Å²) < 4.78 is 0. The maximum absolute atomic E-state index is 3.74. The number of hydrogen-bond acceptors (Lipinski definition) is 2. The summed E-state index contributed by atoms with van der Waals surface area (Å²) in [5.74, 6) is 0. The topological polar surface area (TPSA) is 15.3 Å². The molecule has 0 radical (unpaired) electrons. The van der Waals surface area contributed by atoms with Gasteiger partial charge in [-0.25, -0.2) is 0 Å². The molecule has 0 amide bonds. The van der Waals surface area contributed by atoms with Gasteiger partial charge in [0.1, 0.15) is 0 Å². The Hall–Kier alpha value is -0.860. The molecule has 0 spiro atoms. The van der Waals surface area contributed by atoms with E-state index in [0.717, 1.165) is 18.6 Å². The second-order valence-electron chi connectivity index (χ2n) is 5.65. The van der Waals surface area contributed by atoms with E-state index in [4.69, 9.17) is 0 Å². The molecule has 1 aromatic carbocycles. The molecule has 92 valence electrons. The standard InChI is InChI=1S/C15H22N2/c1-12-3-2-4-13(9-12)10-17-8-7-15(11-17)16-14-5-6-14/h2-4,9,14-16H,5-8,10-11H2,1H3. The molecule has 1 saturated carbocycles. The van der Waals surface area contributed by atoms with Gasteiger partial charge in [0.2, 0.25) is 0 Å². The maximum atomic E-state index is 3.74. The zero-order chi connectivity index (χ0) is 11.7. The number of nitrogens with one attached hydrogen (secondary N) is 1. The van der Waals surface area contributed by atoms with Crippen LogP contribution in [0.2, 0.25) is 0 Å². The van der Waals surface area contributed by atoms with E-state index in [0.29, 0.717) is 0 Å². The first kappa shape index (κ1) is 11.2. The van der Waals surface area contributed by atoms with Crippen LogP contribution in [0.5, 0.6) is 0 Å². The maximum Gasteiger partial charge on any atom is 0.0234 e. The lowest BCUT2D eigenvalue weighted by Crippen LogP contribution is -2.33. The molecule has 17 heavy (non-hydrogen) atoms. The van der Waals surface area contributed by atoms with Crippen molar-refractivity contribution in [3.63, 3.8) is 0 Å². The number of rotatable bonds is 4. The van der Waals surface area contributed by atoms with Gasteiger partial charge in [-0.3, -0.25) is 4.90 Å². The van der Waals surface area contributed by atoms with Crippen molar-refractivity contribution in [2.24, 2.45) is 0 Å². The Labute approximate surface area is 104 Å². The fourth-order valence-corrected chi connectivity index (χ4v) is 2.76. The Morgan fingerprint density at radius 1 is 1.24 bits per heavy atom. The van der Waals surface area contributed by atoms with E-state index in [1.807, 2.05) is 0 Å². The molecule has 1 unspecified atom stereocenters. The van der Waals surface area contributed by atoms with Crippen molar-refractivity contribution in [1.82, 2.24) is 10.2 Å². The summed E-state index contributed by atoms with van der Waals surface area (Å²) in [6, 6.07) is 10.5. The third-order valence-corrected chi connectivity index (χ3v) is 3.81. The molecule has 2 nitrogen and oxygen atoms in total. The predicted molar refractivity (Wildman–Crippen MR) is 71.0 cm³/mol. The molecule has 1 heterocycles. The monoisotopic (exact) mass is 230 g/mol. The fourth-order valence-electron chi connectivity index (χ4n) is 2.76. The van der Waals surface area contributed by atoms with Gasteiger partial charge >= 0.3 is 0 Å². The molecule has 1 aliphatic carbocycles. The molecule has 2 heteroatoms. The third-order valence-electron chi connectivity index (χ3n) is 3.81. The van der Waals surface area contributed by atoms with E-state index in [2.05, 4.69) is 41.4 Å². The van der Waals surface area contributed by atoms with Crippen LogP contribution in [-0.4, -0.2) is 30.1 Å².